The predicted molar refractivity (Wildman–Crippen MR) is 106 cm³/mol. The Morgan fingerprint density at radius 2 is 2.04 bits per heavy atom. The summed E-state index contributed by atoms with van der Waals surface area (Å²) >= 11 is 1.30. The highest BCUT2D eigenvalue weighted by Gasteiger charge is 2.24. The van der Waals surface area contributed by atoms with Crippen molar-refractivity contribution in [1.29, 1.82) is 0 Å². The van der Waals surface area contributed by atoms with Gasteiger partial charge in [0, 0.05) is 0 Å². The van der Waals surface area contributed by atoms with Crippen LogP contribution in [0.1, 0.15) is 25.0 Å². The largest absolute Gasteiger partial charge is 0.504 e. The third-order valence-corrected chi connectivity index (χ3v) is 4.74. The molecule has 0 bridgehead atoms. The van der Waals surface area contributed by atoms with Gasteiger partial charge in [-0.1, -0.05) is 31.2 Å². The molecule has 1 aliphatic heterocycles. The molecule has 0 saturated carbocycles. The van der Waals surface area contributed by atoms with Crippen molar-refractivity contribution in [2.75, 3.05) is 6.61 Å². The molecule has 0 aromatic heterocycles. The lowest BCUT2D eigenvalue weighted by Crippen LogP contribution is -2.19. The number of carbonyl (C=O) groups excluding carboxylic acids is 1. The van der Waals surface area contributed by atoms with Crippen molar-refractivity contribution in [3.8, 4) is 11.5 Å². The highest BCUT2D eigenvalue weighted by Crippen LogP contribution is 2.32. The van der Waals surface area contributed by atoms with Crippen molar-refractivity contribution >= 4 is 34.6 Å². The lowest BCUT2D eigenvalue weighted by Gasteiger charge is -2.06. The van der Waals surface area contributed by atoms with E-state index in [4.69, 9.17) is 4.74 Å². The number of nitrogens with zero attached hydrogens (tertiary/aromatic N) is 1. The number of para-hydroxylation sites is 1. The summed E-state index contributed by atoms with van der Waals surface area (Å²) in [6.07, 6.45) is 2.64. The number of hydrogen-bond acceptors (Lipinski definition) is 5. The molecule has 0 radical (unpaired) electrons. The van der Waals surface area contributed by atoms with E-state index in [1.807, 2.05) is 31.2 Å². The first-order chi connectivity index (χ1) is 12.6. The van der Waals surface area contributed by atoms with Gasteiger partial charge in [-0.2, -0.15) is 0 Å². The Balaban J connectivity index is 1.85. The average molecular weight is 368 g/mol. The van der Waals surface area contributed by atoms with Crippen LogP contribution >= 0.6 is 11.8 Å². The smallest absolute Gasteiger partial charge is 0.264 e. The Morgan fingerprint density at radius 1 is 1.23 bits per heavy atom. The van der Waals surface area contributed by atoms with Crippen LogP contribution in [0.3, 0.4) is 0 Å². The first kappa shape index (κ1) is 18.1. The first-order valence-corrected chi connectivity index (χ1v) is 9.25. The summed E-state index contributed by atoms with van der Waals surface area (Å²) in [6, 6.07) is 12.9. The fourth-order valence-electron chi connectivity index (χ4n) is 2.55. The zero-order chi connectivity index (χ0) is 18.5. The molecule has 0 atom stereocenters. The SMILES string of the molecule is CCOc1cc(C=C2SC(=Nc3ccccc3CC)NC2=O)ccc1O. The highest BCUT2D eigenvalue weighted by molar-refractivity contribution is 8.18. The minimum atomic E-state index is -0.186. The van der Waals surface area contributed by atoms with Gasteiger partial charge in [0.2, 0.25) is 0 Å². The van der Waals surface area contributed by atoms with Gasteiger partial charge in [-0.05, 0) is 60.5 Å². The molecule has 0 aliphatic carbocycles. The lowest BCUT2D eigenvalue weighted by molar-refractivity contribution is -0.115. The summed E-state index contributed by atoms with van der Waals surface area (Å²) in [5, 5.41) is 13.1. The van der Waals surface area contributed by atoms with Gasteiger partial charge in [-0.3, -0.25) is 4.79 Å². The van der Waals surface area contributed by atoms with E-state index in [1.54, 1.807) is 24.3 Å². The molecule has 2 aromatic carbocycles. The van der Waals surface area contributed by atoms with Crippen molar-refractivity contribution in [2.24, 2.45) is 4.99 Å². The number of ether oxygens (including phenoxy) is 1. The van der Waals surface area contributed by atoms with Crippen molar-refractivity contribution in [2.45, 2.75) is 20.3 Å². The number of thioether (sulfide) groups is 1. The zero-order valence-corrected chi connectivity index (χ0v) is 15.5. The summed E-state index contributed by atoms with van der Waals surface area (Å²) < 4.78 is 5.38. The maximum Gasteiger partial charge on any atom is 0.264 e. The number of amides is 1. The average Bonchev–Trinajstić information content (AvgIpc) is 2.97. The molecule has 2 N–H and O–H groups in total. The molecule has 1 fully saturated rings. The summed E-state index contributed by atoms with van der Waals surface area (Å²) in [5.74, 6) is 0.292. The second kappa shape index (κ2) is 8.10. The molecule has 6 heteroatoms. The summed E-state index contributed by atoms with van der Waals surface area (Å²) in [4.78, 5) is 17.4. The van der Waals surface area contributed by atoms with Crippen LogP contribution in [0.15, 0.2) is 52.4 Å². The lowest BCUT2D eigenvalue weighted by atomic mass is 10.1. The van der Waals surface area contributed by atoms with Crippen LogP contribution in [0.5, 0.6) is 11.5 Å². The standard InChI is InChI=1S/C20H20N2O3S/c1-3-14-7-5-6-8-15(14)21-20-22-19(24)18(26-20)12-13-9-10-16(23)17(11-13)25-4-2/h5-12,23H,3-4H2,1-2H3,(H,21,22,24). The maximum absolute atomic E-state index is 12.2. The number of carbonyl (C=O) groups is 1. The topological polar surface area (TPSA) is 70.9 Å². The van der Waals surface area contributed by atoms with Gasteiger partial charge in [-0.15, -0.1) is 0 Å². The molecule has 0 spiro atoms. The molecular formula is C20H20N2O3S. The highest BCUT2D eigenvalue weighted by atomic mass is 32.2. The Morgan fingerprint density at radius 3 is 2.81 bits per heavy atom. The molecule has 3 rings (SSSR count). The number of amidine groups is 1. The molecule has 26 heavy (non-hydrogen) atoms. The number of aryl methyl sites for hydroxylation is 1. The molecule has 1 amide bonds. The number of benzene rings is 2. The van der Waals surface area contributed by atoms with E-state index in [-0.39, 0.29) is 11.7 Å². The van der Waals surface area contributed by atoms with Crippen molar-refractivity contribution in [3.63, 3.8) is 0 Å². The van der Waals surface area contributed by atoms with Gasteiger partial charge in [0.15, 0.2) is 16.7 Å². The number of rotatable bonds is 5. The predicted octanol–water partition coefficient (Wildman–Crippen LogP) is 4.24. The molecule has 134 valence electrons. The van der Waals surface area contributed by atoms with Crippen LogP contribution in [-0.2, 0) is 11.2 Å². The van der Waals surface area contributed by atoms with Crippen LogP contribution in [0, 0.1) is 0 Å². The van der Waals surface area contributed by atoms with Crippen molar-refractivity contribution in [1.82, 2.24) is 5.32 Å². The van der Waals surface area contributed by atoms with E-state index >= 15 is 0 Å². The maximum atomic E-state index is 12.2. The zero-order valence-electron chi connectivity index (χ0n) is 14.7. The van der Waals surface area contributed by atoms with E-state index in [9.17, 15) is 9.90 Å². The van der Waals surface area contributed by atoms with Gasteiger partial charge in [-0.25, -0.2) is 4.99 Å². The second-order valence-electron chi connectivity index (χ2n) is 5.62. The monoisotopic (exact) mass is 368 g/mol. The number of phenolic OH excluding ortho intramolecular Hbond substituents is 1. The van der Waals surface area contributed by atoms with E-state index in [0.29, 0.717) is 22.4 Å². The Labute approximate surface area is 156 Å². The fraction of sp³-hybridized carbons (Fsp3) is 0.200. The van der Waals surface area contributed by atoms with Gasteiger partial charge >= 0.3 is 0 Å². The van der Waals surface area contributed by atoms with Gasteiger partial charge in [0.05, 0.1) is 17.2 Å². The van der Waals surface area contributed by atoms with E-state index in [0.717, 1.165) is 23.2 Å². The summed E-state index contributed by atoms with van der Waals surface area (Å²) in [6.45, 7) is 4.38. The molecule has 1 saturated heterocycles. The quantitative estimate of drug-likeness (QED) is 0.774. The molecule has 5 nitrogen and oxygen atoms in total. The third kappa shape index (κ3) is 4.08. The summed E-state index contributed by atoms with van der Waals surface area (Å²) in [5.41, 5.74) is 2.77. The number of aliphatic imine (C=N–C) groups is 1. The first-order valence-electron chi connectivity index (χ1n) is 8.44. The van der Waals surface area contributed by atoms with E-state index in [2.05, 4.69) is 17.2 Å². The van der Waals surface area contributed by atoms with Crippen molar-refractivity contribution in [3.05, 3.63) is 58.5 Å². The molecule has 0 unspecified atom stereocenters. The number of hydrogen-bond donors (Lipinski definition) is 2. The minimum Gasteiger partial charge on any atom is -0.504 e. The van der Waals surface area contributed by atoms with E-state index < -0.39 is 0 Å². The Bertz CT molecular complexity index is 890. The Hall–Kier alpha value is -2.73. The fourth-order valence-corrected chi connectivity index (χ4v) is 3.39. The van der Waals surface area contributed by atoms with E-state index in [1.165, 1.54) is 11.8 Å². The van der Waals surface area contributed by atoms with Crippen LogP contribution in [0.2, 0.25) is 0 Å². The van der Waals surface area contributed by atoms with Gasteiger partial charge in [0.25, 0.3) is 5.91 Å². The number of aromatic hydroxyl groups is 1. The normalized spacial score (nSPS) is 16.9. The second-order valence-corrected chi connectivity index (χ2v) is 6.65. The summed E-state index contributed by atoms with van der Waals surface area (Å²) in [7, 11) is 0. The van der Waals surface area contributed by atoms with Crippen LogP contribution in [0.25, 0.3) is 6.08 Å². The van der Waals surface area contributed by atoms with Gasteiger partial charge in [0.1, 0.15) is 0 Å². The Kier molecular flexibility index (Phi) is 5.63. The number of nitrogens with one attached hydrogen (secondary N) is 1. The van der Waals surface area contributed by atoms with Crippen LogP contribution in [-0.4, -0.2) is 22.8 Å². The third-order valence-electron chi connectivity index (χ3n) is 3.83. The molecule has 1 aliphatic rings. The van der Waals surface area contributed by atoms with Crippen LogP contribution < -0.4 is 10.1 Å². The minimum absolute atomic E-state index is 0.0796. The molecule has 2 aromatic rings. The molecular weight excluding hydrogens is 348 g/mol. The number of phenols is 1. The van der Waals surface area contributed by atoms with Gasteiger partial charge < -0.3 is 15.2 Å². The van der Waals surface area contributed by atoms with Crippen LogP contribution in [0.4, 0.5) is 5.69 Å². The molecule has 1 heterocycles. The van der Waals surface area contributed by atoms with Crippen molar-refractivity contribution < 1.29 is 14.6 Å².